The lowest BCUT2D eigenvalue weighted by Crippen LogP contribution is -2.45. The van der Waals surface area contributed by atoms with Crippen LogP contribution in [0.15, 0.2) is 6.07 Å². The second kappa shape index (κ2) is 5.74. The molecule has 2 rings (SSSR count). The predicted molar refractivity (Wildman–Crippen MR) is 76.0 cm³/mol. The van der Waals surface area contributed by atoms with Crippen LogP contribution in [0.4, 0.5) is 5.82 Å². The summed E-state index contributed by atoms with van der Waals surface area (Å²) in [6.45, 7) is 5.93. The molecule has 0 aliphatic carbocycles. The summed E-state index contributed by atoms with van der Waals surface area (Å²) in [5, 5.41) is 10.7. The number of rotatable bonds is 4. The average Bonchev–Trinajstić information content (AvgIpc) is 2.69. The maximum atomic E-state index is 12.7. The van der Waals surface area contributed by atoms with Crippen molar-refractivity contribution in [1.29, 1.82) is 0 Å². The molecule has 0 radical (unpaired) electrons. The lowest BCUT2D eigenvalue weighted by atomic mass is 9.74. The third-order valence-electron chi connectivity index (χ3n) is 4.01. The fourth-order valence-corrected chi connectivity index (χ4v) is 2.95. The Morgan fingerprint density at radius 2 is 2.21 bits per heavy atom. The van der Waals surface area contributed by atoms with E-state index in [1.54, 1.807) is 4.68 Å². The number of hydrogen-bond acceptors (Lipinski definition) is 3. The van der Waals surface area contributed by atoms with Crippen LogP contribution < -0.4 is 10.6 Å². The van der Waals surface area contributed by atoms with E-state index in [2.05, 4.69) is 22.7 Å². The minimum Gasteiger partial charge on any atom is -0.317 e. The molecular weight excluding hydrogens is 240 g/mol. The standard InChI is InChI=1S/C14H24N4O/c1-4-5-14(6-8-15-9-7-14)13(19)16-12-10-11(2)17-18(12)3/h10,15H,4-9H2,1-3H3,(H,16,19). The number of carbonyl (C=O) groups is 1. The number of nitrogens with zero attached hydrogens (tertiary/aromatic N) is 2. The Bertz CT molecular complexity index is 441. The van der Waals surface area contributed by atoms with Crippen LogP contribution in [-0.4, -0.2) is 28.8 Å². The van der Waals surface area contributed by atoms with Gasteiger partial charge in [0.25, 0.3) is 0 Å². The molecule has 0 unspecified atom stereocenters. The molecule has 0 bridgehead atoms. The first kappa shape index (κ1) is 14.1. The maximum Gasteiger partial charge on any atom is 0.231 e. The topological polar surface area (TPSA) is 59.0 Å². The number of aryl methyl sites for hydroxylation is 2. The van der Waals surface area contributed by atoms with Gasteiger partial charge in [-0.05, 0) is 39.3 Å². The van der Waals surface area contributed by atoms with Gasteiger partial charge in [0.15, 0.2) is 0 Å². The molecule has 1 aromatic heterocycles. The molecule has 5 nitrogen and oxygen atoms in total. The molecule has 1 fully saturated rings. The van der Waals surface area contributed by atoms with Gasteiger partial charge in [-0.25, -0.2) is 0 Å². The highest BCUT2D eigenvalue weighted by Gasteiger charge is 2.38. The largest absolute Gasteiger partial charge is 0.317 e. The molecule has 0 atom stereocenters. The van der Waals surface area contributed by atoms with E-state index in [4.69, 9.17) is 0 Å². The van der Waals surface area contributed by atoms with Gasteiger partial charge in [-0.2, -0.15) is 5.10 Å². The third kappa shape index (κ3) is 2.97. The van der Waals surface area contributed by atoms with Crippen LogP contribution in [0.2, 0.25) is 0 Å². The highest BCUT2D eigenvalue weighted by atomic mass is 16.2. The van der Waals surface area contributed by atoms with Gasteiger partial charge < -0.3 is 10.6 Å². The van der Waals surface area contributed by atoms with E-state index in [0.717, 1.165) is 50.3 Å². The van der Waals surface area contributed by atoms with Crippen LogP contribution in [0.3, 0.4) is 0 Å². The van der Waals surface area contributed by atoms with Crippen molar-refractivity contribution in [3.8, 4) is 0 Å². The minimum atomic E-state index is -0.210. The van der Waals surface area contributed by atoms with Gasteiger partial charge in [-0.3, -0.25) is 9.48 Å². The molecule has 106 valence electrons. The Balaban J connectivity index is 2.13. The highest BCUT2D eigenvalue weighted by Crippen LogP contribution is 2.35. The van der Waals surface area contributed by atoms with Gasteiger partial charge in [0.1, 0.15) is 5.82 Å². The number of piperidine rings is 1. The predicted octanol–water partition coefficient (Wildman–Crippen LogP) is 1.84. The minimum absolute atomic E-state index is 0.152. The van der Waals surface area contributed by atoms with E-state index in [0.29, 0.717) is 0 Å². The number of aromatic nitrogens is 2. The molecule has 1 aliphatic heterocycles. The molecule has 1 saturated heterocycles. The Hall–Kier alpha value is -1.36. The quantitative estimate of drug-likeness (QED) is 0.872. The van der Waals surface area contributed by atoms with Crippen molar-refractivity contribution >= 4 is 11.7 Å². The van der Waals surface area contributed by atoms with Crippen molar-refractivity contribution in [2.45, 2.75) is 39.5 Å². The summed E-state index contributed by atoms with van der Waals surface area (Å²) in [7, 11) is 1.86. The highest BCUT2D eigenvalue weighted by molar-refractivity contribution is 5.94. The van der Waals surface area contributed by atoms with E-state index in [-0.39, 0.29) is 11.3 Å². The number of nitrogens with one attached hydrogen (secondary N) is 2. The Labute approximate surface area is 114 Å². The lowest BCUT2D eigenvalue weighted by Gasteiger charge is -2.36. The molecular formula is C14H24N4O. The summed E-state index contributed by atoms with van der Waals surface area (Å²) in [6, 6.07) is 1.92. The average molecular weight is 264 g/mol. The van der Waals surface area contributed by atoms with E-state index >= 15 is 0 Å². The third-order valence-corrected chi connectivity index (χ3v) is 4.01. The lowest BCUT2D eigenvalue weighted by molar-refractivity contribution is -0.127. The molecule has 0 spiro atoms. The fourth-order valence-electron chi connectivity index (χ4n) is 2.95. The zero-order valence-corrected chi connectivity index (χ0v) is 12.1. The van der Waals surface area contributed by atoms with E-state index in [1.807, 2.05) is 20.0 Å². The molecule has 1 aliphatic rings. The van der Waals surface area contributed by atoms with Gasteiger partial charge in [-0.15, -0.1) is 0 Å². The summed E-state index contributed by atoms with van der Waals surface area (Å²) >= 11 is 0. The maximum absolute atomic E-state index is 12.7. The number of anilines is 1. The van der Waals surface area contributed by atoms with E-state index in [1.165, 1.54) is 0 Å². The number of hydrogen-bond donors (Lipinski definition) is 2. The molecule has 5 heteroatoms. The summed E-state index contributed by atoms with van der Waals surface area (Å²) < 4.78 is 1.73. The SMILES string of the molecule is CCCC1(C(=O)Nc2cc(C)nn2C)CCNCC1. The molecule has 1 amide bonds. The van der Waals surface area contributed by atoms with Crippen LogP contribution in [0.5, 0.6) is 0 Å². The fraction of sp³-hybridized carbons (Fsp3) is 0.714. The molecule has 0 saturated carbocycles. The monoisotopic (exact) mass is 264 g/mol. The van der Waals surface area contributed by atoms with Gasteiger partial charge in [-0.1, -0.05) is 13.3 Å². The zero-order valence-electron chi connectivity index (χ0n) is 12.1. The number of carbonyl (C=O) groups excluding carboxylic acids is 1. The van der Waals surface area contributed by atoms with Crippen molar-refractivity contribution in [2.75, 3.05) is 18.4 Å². The molecule has 19 heavy (non-hydrogen) atoms. The first-order valence-electron chi connectivity index (χ1n) is 7.10. The molecule has 2 N–H and O–H groups in total. The molecule has 0 aromatic carbocycles. The van der Waals surface area contributed by atoms with Crippen LogP contribution in [0.1, 0.15) is 38.3 Å². The zero-order chi connectivity index (χ0) is 13.9. The van der Waals surface area contributed by atoms with Crippen LogP contribution in [0, 0.1) is 12.3 Å². The van der Waals surface area contributed by atoms with Crippen LogP contribution in [0.25, 0.3) is 0 Å². The van der Waals surface area contributed by atoms with Gasteiger partial charge in [0.05, 0.1) is 11.1 Å². The van der Waals surface area contributed by atoms with Crippen molar-refractivity contribution in [3.63, 3.8) is 0 Å². The Morgan fingerprint density at radius 3 is 2.74 bits per heavy atom. The molecule has 1 aromatic rings. The summed E-state index contributed by atoms with van der Waals surface area (Å²) in [5.41, 5.74) is 0.714. The summed E-state index contributed by atoms with van der Waals surface area (Å²) in [4.78, 5) is 12.7. The van der Waals surface area contributed by atoms with Crippen molar-refractivity contribution < 1.29 is 4.79 Å². The number of amides is 1. The van der Waals surface area contributed by atoms with Gasteiger partial charge in [0.2, 0.25) is 5.91 Å². The smallest absolute Gasteiger partial charge is 0.231 e. The van der Waals surface area contributed by atoms with Gasteiger partial charge in [0, 0.05) is 13.1 Å². The van der Waals surface area contributed by atoms with Crippen molar-refractivity contribution in [2.24, 2.45) is 12.5 Å². The second-order valence-corrected chi connectivity index (χ2v) is 5.53. The van der Waals surface area contributed by atoms with Gasteiger partial charge >= 0.3 is 0 Å². The first-order valence-corrected chi connectivity index (χ1v) is 7.10. The van der Waals surface area contributed by atoms with Crippen molar-refractivity contribution in [3.05, 3.63) is 11.8 Å². The molecule has 2 heterocycles. The Morgan fingerprint density at radius 1 is 1.53 bits per heavy atom. The first-order chi connectivity index (χ1) is 9.07. The van der Waals surface area contributed by atoms with E-state index < -0.39 is 0 Å². The Kier molecular flexibility index (Phi) is 4.24. The second-order valence-electron chi connectivity index (χ2n) is 5.53. The van der Waals surface area contributed by atoms with E-state index in [9.17, 15) is 4.79 Å². The van der Waals surface area contributed by atoms with Crippen LogP contribution in [-0.2, 0) is 11.8 Å². The van der Waals surface area contributed by atoms with Crippen LogP contribution >= 0.6 is 0 Å². The summed E-state index contributed by atoms with van der Waals surface area (Å²) in [5.74, 6) is 0.940. The van der Waals surface area contributed by atoms with Crippen molar-refractivity contribution in [1.82, 2.24) is 15.1 Å². The summed E-state index contributed by atoms with van der Waals surface area (Å²) in [6.07, 6.45) is 3.84. The normalized spacial score (nSPS) is 18.3.